The summed E-state index contributed by atoms with van der Waals surface area (Å²) >= 11 is 0. The Balaban J connectivity index is 4.75. The summed E-state index contributed by atoms with van der Waals surface area (Å²) in [6, 6.07) is 0. The Hall–Kier alpha value is -0.800. The molecule has 0 aliphatic heterocycles. The van der Waals surface area contributed by atoms with E-state index in [-0.39, 0.29) is 25.2 Å². The van der Waals surface area contributed by atoms with Crippen molar-refractivity contribution in [3.63, 3.8) is 0 Å². The number of allylic oxidation sites excluding steroid dienone is 2. The number of ether oxygens (including phenoxy) is 7. The standard InChI is InChI=1S/C58H114O7/c1-7-13-19-43-53-63-57(47-37-33-29-25-21-23-27-31-35-45-55(59-49-39-15-9-3)60-50-40-16-10-4)65-58(64-54-44-20-14-8-2)48-38-34-30-26-22-24-28-32-36-46-56(61-51-41-17-11-5)62-52-42-18-12-6/h37-38,47-48,55-58H,7-36,39-46,49-54H2,1-6H3. The molecule has 65 heavy (non-hydrogen) atoms. The van der Waals surface area contributed by atoms with Crippen molar-refractivity contribution < 1.29 is 33.2 Å². The van der Waals surface area contributed by atoms with Crippen LogP contribution in [0, 0.1) is 0 Å². The van der Waals surface area contributed by atoms with Gasteiger partial charge in [-0.1, -0.05) is 208 Å². The Morgan fingerprint density at radius 1 is 0.262 bits per heavy atom. The second kappa shape index (κ2) is 55.8. The second-order valence-corrected chi connectivity index (χ2v) is 18.9. The van der Waals surface area contributed by atoms with Crippen molar-refractivity contribution in [3.05, 3.63) is 24.3 Å². The minimum Gasteiger partial charge on any atom is -0.353 e. The van der Waals surface area contributed by atoms with E-state index in [9.17, 15) is 0 Å². The molecule has 0 rings (SSSR count). The summed E-state index contributed by atoms with van der Waals surface area (Å²) in [5.74, 6) is 0. The molecular formula is C58H114O7. The molecule has 0 bridgehead atoms. The van der Waals surface area contributed by atoms with Crippen LogP contribution in [0.25, 0.3) is 0 Å². The van der Waals surface area contributed by atoms with Crippen LogP contribution in [0.4, 0.5) is 0 Å². The molecule has 0 aromatic heterocycles. The minimum absolute atomic E-state index is 0.0147. The van der Waals surface area contributed by atoms with E-state index in [4.69, 9.17) is 33.2 Å². The first-order valence-electron chi connectivity index (χ1n) is 28.8. The molecule has 2 unspecified atom stereocenters. The summed E-state index contributed by atoms with van der Waals surface area (Å²) in [6.07, 6.45) is 53.9. The fourth-order valence-electron chi connectivity index (χ4n) is 7.89. The number of hydrogen-bond donors (Lipinski definition) is 0. The molecule has 0 saturated carbocycles. The summed E-state index contributed by atoms with van der Waals surface area (Å²) in [4.78, 5) is 0. The lowest BCUT2D eigenvalue weighted by Crippen LogP contribution is -2.25. The minimum atomic E-state index is -0.382. The molecule has 0 spiro atoms. The van der Waals surface area contributed by atoms with Crippen molar-refractivity contribution in [1.82, 2.24) is 0 Å². The zero-order valence-corrected chi connectivity index (χ0v) is 44.6. The van der Waals surface area contributed by atoms with Gasteiger partial charge >= 0.3 is 0 Å². The maximum Gasteiger partial charge on any atom is 0.180 e. The lowest BCUT2D eigenvalue weighted by molar-refractivity contribution is -0.208. The first-order valence-corrected chi connectivity index (χ1v) is 28.8. The van der Waals surface area contributed by atoms with Crippen LogP contribution >= 0.6 is 0 Å². The van der Waals surface area contributed by atoms with Gasteiger partial charge in [0, 0.05) is 26.4 Å². The van der Waals surface area contributed by atoms with Crippen LogP contribution < -0.4 is 0 Å². The monoisotopic (exact) mass is 923 g/mol. The van der Waals surface area contributed by atoms with E-state index in [0.29, 0.717) is 0 Å². The van der Waals surface area contributed by atoms with Gasteiger partial charge in [0.1, 0.15) is 0 Å². The van der Waals surface area contributed by atoms with E-state index in [2.05, 4.69) is 65.8 Å². The van der Waals surface area contributed by atoms with Crippen molar-refractivity contribution in [1.29, 1.82) is 0 Å². The van der Waals surface area contributed by atoms with Gasteiger partial charge in [-0.25, -0.2) is 0 Å². The maximum absolute atomic E-state index is 6.54. The summed E-state index contributed by atoms with van der Waals surface area (Å²) in [6.45, 7) is 18.3. The Morgan fingerprint density at radius 2 is 0.508 bits per heavy atom. The quantitative estimate of drug-likeness (QED) is 0.0342. The summed E-state index contributed by atoms with van der Waals surface area (Å²) in [7, 11) is 0. The predicted octanol–water partition coefficient (Wildman–Crippen LogP) is 18.5. The van der Waals surface area contributed by atoms with Crippen LogP contribution in [0.15, 0.2) is 24.3 Å². The van der Waals surface area contributed by atoms with Gasteiger partial charge < -0.3 is 33.2 Å². The van der Waals surface area contributed by atoms with Crippen LogP contribution in [-0.2, 0) is 33.2 Å². The van der Waals surface area contributed by atoms with E-state index in [1.807, 2.05) is 0 Å². The molecule has 0 N–H and O–H groups in total. The number of rotatable bonds is 56. The molecule has 0 saturated heterocycles. The fraction of sp³-hybridized carbons (Fsp3) is 0.931. The van der Waals surface area contributed by atoms with Gasteiger partial charge in [0.25, 0.3) is 0 Å². The summed E-state index contributed by atoms with van der Waals surface area (Å²) in [5, 5.41) is 0. The molecule has 388 valence electrons. The van der Waals surface area contributed by atoms with Crippen molar-refractivity contribution in [2.75, 3.05) is 39.6 Å². The number of hydrogen-bond acceptors (Lipinski definition) is 7. The lowest BCUT2D eigenvalue weighted by atomic mass is 10.1. The number of unbranched alkanes of at least 4 members (excludes halogenated alkanes) is 28. The molecule has 0 amide bonds. The Kier molecular flexibility index (Phi) is 55.1. The maximum atomic E-state index is 6.54. The van der Waals surface area contributed by atoms with Gasteiger partial charge in [-0.15, -0.1) is 0 Å². The molecule has 0 aliphatic rings. The highest BCUT2D eigenvalue weighted by Crippen LogP contribution is 2.18. The molecule has 0 aliphatic carbocycles. The Labute approximate surface area is 406 Å². The van der Waals surface area contributed by atoms with Gasteiger partial charge in [0.2, 0.25) is 0 Å². The van der Waals surface area contributed by atoms with Crippen LogP contribution in [-0.4, -0.2) is 64.8 Å². The highest BCUT2D eigenvalue weighted by atomic mass is 16.8. The smallest absolute Gasteiger partial charge is 0.180 e. The third kappa shape index (κ3) is 49.4. The van der Waals surface area contributed by atoms with Gasteiger partial charge in [0.15, 0.2) is 25.2 Å². The zero-order valence-electron chi connectivity index (χ0n) is 44.6. The Bertz CT molecular complexity index is 832. The molecule has 0 fully saturated rings. The third-order valence-electron chi connectivity index (χ3n) is 12.2. The topological polar surface area (TPSA) is 64.6 Å². The van der Waals surface area contributed by atoms with E-state index >= 15 is 0 Å². The molecule has 7 heteroatoms. The zero-order chi connectivity index (χ0) is 47.2. The average Bonchev–Trinajstić information content (AvgIpc) is 3.31. The predicted molar refractivity (Wildman–Crippen MR) is 280 cm³/mol. The van der Waals surface area contributed by atoms with Crippen molar-refractivity contribution >= 4 is 0 Å². The van der Waals surface area contributed by atoms with Crippen molar-refractivity contribution in [3.8, 4) is 0 Å². The fourth-order valence-corrected chi connectivity index (χ4v) is 7.89. The van der Waals surface area contributed by atoms with Gasteiger partial charge in [-0.3, -0.25) is 0 Å². The second-order valence-electron chi connectivity index (χ2n) is 18.9. The van der Waals surface area contributed by atoms with E-state index < -0.39 is 0 Å². The lowest BCUT2D eigenvalue weighted by Gasteiger charge is -2.22. The molecule has 2 atom stereocenters. The average molecular weight is 924 g/mol. The molecule has 0 radical (unpaired) electrons. The first kappa shape index (κ1) is 64.2. The van der Waals surface area contributed by atoms with Crippen molar-refractivity contribution in [2.24, 2.45) is 0 Å². The van der Waals surface area contributed by atoms with Crippen molar-refractivity contribution in [2.45, 2.75) is 311 Å². The van der Waals surface area contributed by atoms with Crippen LogP contribution in [0.3, 0.4) is 0 Å². The molecule has 0 aromatic carbocycles. The van der Waals surface area contributed by atoms with E-state index in [1.54, 1.807) is 0 Å². The Morgan fingerprint density at radius 3 is 0.831 bits per heavy atom. The molecule has 0 aromatic rings. The first-order chi connectivity index (χ1) is 32.1. The van der Waals surface area contributed by atoms with Crippen LogP contribution in [0.1, 0.15) is 286 Å². The third-order valence-corrected chi connectivity index (χ3v) is 12.2. The largest absolute Gasteiger partial charge is 0.353 e. The van der Waals surface area contributed by atoms with Crippen LogP contribution in [0.5, 0.6) is 0 Å². The van der Waals surface area contributed by atoms with Crippen LogP contribution in [0.2, 0.25) is 0 Å². The van der Waals surface area contributed by atoms with Gasteiger partial charge in [-0.2, -0.15) is 0 Å². The summed E-state index contributed by atoms with van der Waals surface area (Å²) < 4.78 is 43.7. The molecular weight excluding hydrogens is 809 g/mol. The normalized spacial score (nSPS) is 13.2. The van der Waals surface area contributed by atoms with Gasteiger partial charge in [0.05, 0.1) is 13.2 Å². The van der Waals surface area contributed by atoms with E-state index in [1.165, 1.54) is 180 Å². The van der Waals surface area contributed by atoms with Gasteiger partial charge in [-0.05, 0) is 102 Å². The van der Waals surface area contributed by atoms with E-state index in [0.717, 1.165) is 104 Å². The summed E-state index contributed by atoms with van der Waals surface area (Å²) in [5.41, 5.74) is 0. The SMILES string of the molecule is CCCCCCOC(C=CCCCCCCCCCC(OCCCCC)OCCCCC)OC(C=CCCCCCCCCCC(OCCCCC)OCCCCC)OCCCCCC. The molecule has 0 heterocycles. The highest BCUT2D eigenvalue weighted by molar-refractivity contribution is 4.90. The highest BCUT2D eigenvalue weighted by Gasteiger charge is 2.14. The molecule has 7 nitrogen and oxygen atoms in total.